The van der Waals surface area contributed by atoms with Crippen LogP contribution in [0.4, 0.5) is 10.5 Å². The Hall–Kier alpha value is -2.08. The first-order valence-electron chi connectivity index (χ1n) is 5.93. The lowest BCUT2D eigenvalue weighted by Gasteiger charge is -2.21. The minimum Gasteiger partial charge on any atom is -0.467 e. The van der Waals surface area contributed by atoms with Crippen molar-refractivity contribution in [3.63, 3.8) is 0 Å². The van der Waals surface area contributed by atoms with E-state index in [0.717, 1.165) is 0 Å². The SMILES string of the molecule is COC(=O)C(O)c1ccccc1N1CCN(C)C1=O. The Morgan fingerprint density at radius 1 is 1.37 bits per heavy atom. The second-order valence-electron chi connectivity index (χ2n) is 4.34. The van der Waals surface area contributed by atoms with E-state index in [9.17, 15) is 14.7 Å². The van der Waals surface area contributed by atoms with Gasteiger partial charge in [-0.15, -0.1) is 0 Å². The molecule has 1 aliphatic heterocycles. The summed E-state index contributed by atoms with van der Waals surface area (Å²) < 4.78 is 4.53. The third-order valence-electron chi connectivity index (χ3n) is 3.16. The quantitative estimate of drug-likeness (QED) is 0.818. The summed E-state index contributed by atoms with van der Waals surface area (Å²) in [5.74, 6) is -0.743. The van der Waals surface area contributed by atoms with Gasteiger partial charge in [-0.2, -0.15) is 0 Å². The number of urea groups is 1. The van der Waals surface area contributed by atoms with Gasteiger partial charge in [-0.05, 0) is 6.07 Å². The number of hydrogen-bond donors (Lipinski definition) is 1. The number of benzene rings is 1. The molecule has 1 unspecified atom stereocenters. The van der Waals surface area contributed by atoms with Crippen LogP contribution in [0.5, 0.6) is 0 Å². The molecular formula is C13H16N2O4. The van der Waals surface area contributed by atoms with Gasteiger partial charge in [0.1, 0.15) is 0 Å². The number of esters is 1. The van der Waals surface area contributed by atoms with E-state index in [-0.39, 0.29) is 6.03 Å². The molecule has 1 fully saturated rings. The summed E-state index contributed by atoms with van der Waals surface area (Å²) in [5.41, 5.74) is 0.910. The number of aliphatic hydroxyl groups excluding tert-OH is 1. The van der Waals surface area contributed by atoms with Gasteiger partial charge in [-0.1, -0.05) is 18.2 Å². The number of amides is 2. The number of para-hydroxylation sites is 1. The van der Waals surface area contributed by atoms with Gasteiger partial charge in [0, 0.05) is 25.7 Å². The zero-order chi connectivity index (χ0) is 14.0. The van der Waals surface area contributed by atoms with Crippen molar-refractivity contribution in [2.45, 2.75) is 6.10 Å². The second-order valence-corrected chi connectivity index (χ2v) is 4.34. The molecule has 0 aliphatic carbocycles. The van der Waals surface area contributed by atoms with Gasteiger partial charge < -0.3 is 14.7 Å². The first kappa shape index (κ1) is 13.4. The van der Waals surface area contributed by atoms with E-state index in [4.69, 9.17) is 0 Å². The number of hydrogen-bond acceptors (Lipinski definition) is 4. The molecule has 1 atom stereocenters. The zero-order valence-corrected chi connectivity index (χ0v) is 10.9. The van der Waals surface area contributed by atoms with E-state index in [1.54, 1.807) is 41.1 Å². The van der Waals surface area contributed by atoms with Crippen molar-refractivity contribution >= 4 is 17.7 Å². The van der Waals surface area contributed by atoms with Crippen LogP contribution in [0, 0.1) is 0 Å². The third kappa shape index (κ3) is 2.39. The van der Waals surface area contributed by atoms with Gasteiger partial charge in [0.15, 0.2) is 6.10 Å². The van der Waals surface area contributed by atoms with Crippen LogP contribution in [0.15, 0.2) is 24.3 Å². The number of anilines is 1. The zero-order valence-electron chi connectivity index (χ0n) is 10.9. The third-order valence-corrected chi connectivity index (χ3v) is 3.16. The molecule has 6 heteroatoms. The normalized spacial score (nSPS) is 16.7. The molecule has 102 valence electrons. The summed E-state index contributed by atoms with van der Waals surface area (Å²) in [6, 6.07) is 6.63. The fourth-order valence-corrected chi connectivity index (χ4v) is 2.07. The first-order chi connectivity index (χ1) is 9.06. The van der Waals surface area contributed by atoms with E-state index in [0.29, 0.717) is 24.3 Å². The molecule has 0 saturated carbocycles. The minimum atomic E-state index is -1.39. The van der Waals surface area contributed by atoms with E-state index >= 15 is 0 Å². The number of rotatable bonds is 3. The highest BCUT2D eigenvalue weighted by Crippen LogP contribution is 2.29. The summed E-state index contributed by atoms with van der Waals surface area (Å²) >= 11 is 0. The van der Waals surface area contributed by atoms with Gasteiger partial charge in [-0.3, -0.25) is 4.90 Å². The molecule has 0 radical (unpaired) electrons. The van der Waals surface area contributed by atoms with Crippen molar-refractivity contribution in [3.05, 3.63) is 29.8 Å². The van der Waals surface area contributed by atoms with Gasteiger partial charge in [0.05, 0.1) is 12.8 Å². The van der Waals surface area contributed by atoms with E-state index in [1.807, 2.05) is 0 Å². The lowest BCUT2D eigenvalue weighted by Crippen LogP contribution is -2.30. The predicted octanol–water partition coefficient (Wildman–Crippen LogP) is 0.765. The Bertz CT molecular complexity index is 503. The summed E-state index contributed by atoms with van der Waals surface area (Å²) in [6.07, 6.45) is -1.39. The molecule has 1 aliphatic rings. The maximum absolute atomic E-state index is 12.0. The fourth-order valence-electron chi connectivity index (χ4n) is 2.07. The van der Waals surface area contributed by atoms with Crippen molar-refractivity contribution in [3.8, 4) is 0 Å². The smallest absolute Gasteiger partial charge is 0.339 e. The number of methoxy groups -OCH3 is 1. The highest BCUT2D eigenvalue weighted by Gasteiger charge is 2.31. The number of likely N-dealkylation sites (N-methyl/N-ethyl adjacent to an activating group) is 1. The van der Waals surface area contributed by atoms with Crippen LogP contribution in [0.3, 0.4) is 0 Å². The van der Waals surface area contributed by atoms with E-state index in [2.05, 4.69) is 4.74 Å². The fraction of sp³-hybridized carbons (Fsp3) is 0.385. The van der Waals surface area contributed by atoms with Crippen LogP contribution in [-0.2, 0) is 9.53 Å². The molecule has 1 heterocycles. The predicted molar refractivity (Wildman–Crippen MR) is 68.8 cm³/mol. The molecule has 1 saturated heterocycles. The van der Waals surface area contributed by atoms with Crippen molar-refractivity contribution in [2.24, 2.45) is 0 Å². The molecule has 19 heavy (non-hydrogen) atoms. The topological polar surface area (TPSA) is 70.1 Å². The monoisotopic (exact) mass is 264 g/mol. The maximum atomic E-state index is 12.0. The van der Waals surface area contributed by atoms with Gasteiger partial charge in [0.2, 0.25) is 0 Å². The van der Waals surface area contributed by atoms with Crippen LogP contribution in [0.2, 0.25) is 0 Å². The van der Waals surface area contributed by atoms with Crippen molar-refractivity contribution in [2.75, 3.05) is 32.1 Å². The summed E-state index contributed by atoms with van der Waals surface area (Å²) in [6.45, 7) is 1.14. The molecule has 0 bridgehead atoms. The Labute approximate surface area is 111 Å². The lowest BCUT2D eigenvalue weighted by molar-refractivity contribution is -0.150. The maximum Gasteiger partial charge on any atom is 0.339 e. The van der Waals surface area contributed by atoms with Crippen molar-refractivity contribution in [1.29, 1.82) is 0 Å². The summed E-state index contributed by atoms with van der Waals surface area (Å²) in [7, 11) is 2.92. The standard InChI is InChI=1S/C13H16N2O4/c1-14-7-8-15(13(14)18)10-6-4-3-5-9(10)11(16)12(17)19-2/h3-6,11,16H,7-8H2,1-2H3. The summed E-state index contributed by atoms with van der Waals surface area (Å²) in [4.78, 5) is 26.5. The first-order valence-corrected chi connectivity index (χ1v) is 5.93. The lowest BCUT2D eigenvalue weighted by atomic mass is 10.1. The van der Waals surface area contributed by atoms with Gasteiger partial charge in [0.25, 0.3) is 0 Å². The number of ether oxygens (including phenoxy) is 1. The molecule has 0 aromatic heterocycles. The Kier molecular flexibility index (Phi) is 3.71. The highest BCUT2D eigenvalue weighted by molar-refractivity contribution is 5.95. The Balaban J connectivity index is 2.36. The number of nitrogens with zero attached hydrogens (tertiary/aromatic N) is 2. The van der Waals surface area contributed by atoms with Crippen LogP contribution in [0.25, 0.3) is 0 Å². The van der Waals surface area contributed by atoms with Gasteiger partial charge in [-0.25, -0.2) is 9.59 Å². The summed E-state index contributed by atoms with van der Waals surface area (Å²) in [5, 5.41) is 9.96. The number of carbonyl (C=O) groups is 2. The number of carbonyl (C=O) groups excluding carboxylic acids is 2. The molecule has 2 rings (SSSR count). The van der Waals surface area contributed by atoms with Gasteiger partial charge >= 0.3 is 12.0 Å². The van der Waals surface area contributed by atoms with Crippen molar-refractivity contribution < 1.29 is 19.4 Å². The van der Waals surface area contributed by atoms with Crippen LogP contribution in [-0.4, -0.2) is 49.3 Å². The molecule has 1 N–H and O–H groups in total. The van der Waals surface area contributed by atoms with E-state index in [1.165, 1.54) is 7.11 Å². The second kappa shape index (κ2) is 5.27. The largest absolute Gasteiger partial charge is 0.467 e. The van der Waals surface area contributed by atoms with E-state index < -0.39 is 12.1 Å². The molecule has 1 aromatic rings. The molecular weight excluding hydrogens is 248 g/mol. The average Bonchev–Trinajstić information content (AvgIpc) is 2.77. The molecule has 2 amide bonds. The average molecular weight is 264 g/mol. The van der Waals surface area contributed by atoms with Crippen LogP contribution in [0.1, 0.15) is 11.7 Å². The Morgan fingerprint density at radius 2 is 2.05 bits per heavy atom. The molecule has 6 nitrogen and oxygen atoms in total. The molecule has 1 aromatic carbocycles. The highest BCUT2D eigenvalue weighted by atomic mass is 16.5. The Morgan fingerprint density at radius 3 is 2.63 bits per heavy atom. The van der Waals surface area contributed by atoms with Crippen molar-refractivity contribution in [1.82, 2.24) is 4.90 Å². The van der Waals surface area contributed by atoms with Crippen LogP contribution < -0.4 is 4.90 Å². The minimum absolute atomic E-state index is 0.149. The van der Waals surface area contributed by atoms with Crippen LogP contribution >= 0.6 is 0 Å². The number of aliphatic hydroxyl groups is 1. The molecule has 0 spiro atoms.